The molecule has 18 heteroatoms. The Morgan fingerprint density at radius 2 is 1.71 bits per heavy atom. The van der Waals surface area contributed by atoms with E-state index in [2.05, 4.69) is 20.3 Å². The number of sulfonamides is 1. The summed E-state index contributed by atoms with van der Waals surface area (Å²) in [7, 11) is -1.38. The predicted molar refractivity (Wildman–Crippen MR) is 234 cm³/mol. The van der Waals surface area contributed by atoms with Crippen molar-refractivity contribution in [3.05, 3.63) is 71.7 Å². The highest BCUT2D eigenvalue weighted by atomic mass is 32.2. The summed E-state index contributed by atoms with van der Waals surface area (Å²) in [6.07, 6.45) is 6.75. The van der Waals surface area contributed by atoms with Crippen molar-refractivity contribution in [3.63, 3.8) is 0 Å². The summed E-state index contributed by atoms with van der Waals surface area (Å²) < 4.78 is 88.9. The SMILES string of the molecule is CC.CCC1(S(=O)(=O)NC(=O)[C@@]23C[C@H]2/C=C\CC[C@@H](C)C[C@@H](C)[C@H](NC(=O)c2ccc(F)cc2F)C(=O)N2C[C@H](Oc4ncc(OC)c5cc(OC)c(F)cc45)C[C@H]2C(=O)N3)CC1.[HH].[HH].[HH]. The third-order valence-corrected chi connectivity index (χ3v) is 15.0. The van der Waals surface area contributed by atoms with E-state index in [0.717, 1.165) is 18.2 Å². The first-order valence-corrected chi connectivity index (χ1v) is 22.9. The topological polar surface area (TPSA) is 182 Å². The van der Waals surface area contributed by atoms with Crippen LogP contribution in [0, 0.1) is 35.2 Å². The zero-order chi connectivity index (χ0) is 46.0. The molecule has 0 radical (unpaired) electrons. The van der Waals surface area contributed by atoms with Crippen LogP contribution >= 0.6 is 0 Å². The number of carbonyl (C=O) groups excluding carboxylic acids is 4. The van der Waals surface area contributed by atoms with Crippen LogP contribution in [0.4, 0.5) is 13.2 Å². The molecule has 2 aliphatic heterocycles. The number of amides is 4. The molecule has 7 atom stereocenters. The molecule has 14 nitrogen and oxygen atoms in total. The quantitative estimate of drug-likeness (QED) is 0.182. The summed E-state index contributed by atoms with van der Waals surface area (Å²) in [6, 6.07) is 2.37. The van der Waals surface area contributed by atoms with Crippen LogP contribution in [0.3, 0.4) is 0 Å². The second-order valence-electron chi connectivity index (χ2n) is 16.8. The molecule has 4 amide bonds. The van der Waals surface area contributed by atoms with E-state index in [1.165, 1.54) is 31.4 Å². The van der Waals surface area contributed by atoms with Gasteiger partial charge in [0.05, 0.1) is 42.7 Å². The normalized spacial score (nSPS) is 27.2. The molecule has 3 aromatic rings. The molecule has 2 aromatic carbocycles. The van der Waals surface area contributed by atoms with E-state index in [0.29, 0.717) is 55.7 Å². The number of aromatic nitrogens is 1. The number of ether oxygens (including phenoxy) is 3. The largest absolute Gasteiger partial charge is 0.494 e. The lowest BCUT2D eigenvalue weighted by Crippen LogP contribution is -2.59. The highest BCUT2D eigenvalue weighted by molar-refractivity contribution is 7.91. The van der Waals surface area contributed by atoms with E-state index in [1.807, 2.05) is 26.8 Å². The predicted octanol–water partition coefficient (Wildman–Crippen LogP) is 6.86. The number of fused-ring (bicyclic) bond motifs is 3. The molecule has 7 rings (SSSR count). The second kappa shape index (κ2) is 18.8. The number of methoxy groups -OCH3 is 2. The zero-order valence-electron chi connectivity index (χ0n) is 36.6. The fraction of sp³-hybridized carbons (Fsp3) is 0.533. The van der Waals surface area contributed by atoms with Crippen LogP contribution in [0.5, 0.6) is 17.4 Å². The highest BCUT2D eigenvalue weighted by Crippen LogP contribution is 2.49. The molecule has 4 aliphatic rings. The Kier molecular flexibility index (Phi) is 14.0. The van der Waals surface area contributed by atoms with Crippen molar-refractivity contribution in [2.75, 3.05) is 20.8 Å². The number of benzene rings is 2. The molecule has 3 fully saturated rings. The summed E-state index contributed by atoms with van der Waals surface area (Å²) in [5.41, 5.74) is -2.15. The summed E-state index contributed by atoms with van der Waals surface area (Å²) in [6.45, 7) is 9.21. The molecular weight excluding hydrogens is 844 g/mol. The van der Waals surface area contributed by atoms with Gasteiger partial charge in [-0.25, -0.2) is 26.6 Å². The molecule has 2 saturated carbocycles. The maximum atomic E-state index is 15.1. The summed E-state index contributed by atoms with van der Waals surface area (Å²) in [4.78, 5) is 62.8. The molecule has 1 saturated heterocycles. The molecule has 0 unspecified atom stereocenters. The highest BCUT2D eigenvalue weighted by Gasteiger charge is 2.63. The Morgan fingerprint density at radius 3 is 2.37 bits per heavy atom. The molecule has 0 spiro atoms. The molecule has 1 aromatic heterocycles. The number of halogens is 3. The van der Waals surface area contributed by atoms with Crippen LogP contribution in [-0.4, -0.2) is 91.2 Å². The second-order valence-corrected chi connectivity index (χ2v) is 18.9. The van der Waals surface area contributed by atoms with Crippen LogP contribution in [-0.2, 0) is 24.4 Å². The first-order valence-electron chi connectivity index (χ1n) is 21.4. The Labute approximate surface area is 370 Å². The Hall–Kier alpha value is -5.39. The van der Waals surface area contributed by atoms with Crippen LogP contribution in [0.15, 0.2) is 48.7 Å². The van der Waals surface area contributed by atoms with Gasteiger partial charge in [-0.15, -0.1) is 0 Å². The lowest BCUT2D eigenvalue weighted by Gasteiger charge is -2.33. The van der Waals surface area contributed by atoms with Crippen molar-refractivity contribution < 1.29 is 59.3 Å². The summed E-state index contributed by atoms with van der Waals surface area (Å²) in [5, 5.41) is 6.08. The number of hydrogen-bond acceptors (Lipinski definition) is 10. The number of nitrogens with zero attached hydrogens (tertiary/aromatic N) is 2. The number of allylic oxidation sites excluding steroid dienone is 1. The third-order valence-electron chi connectivity index (χ3n) is 12.7. The minimum atomic E-state index is -4.10. The number of nitrogens with one attached hydrogen (secondary N) is 3. The van der Waals surface area contributed by atoms with E-state index < -0.39 is 97.0 Å². The van der Waals surface area contributed by atoms with Crippen LogP contribution in [0.1, 0.15) is 101 Å². The van der Waals surface area contributed by atoms with Gasteiger partial charge in [-0.1, -0.05) is 46.8 Å². The summed E-state index contributed by atoms with van der Waals surface area (Å²) in [5.74, 6) is -7.05. The van der Waals surface area contributed by atoms with Crippen molar-refractivity contribution in [2.45, 2.75) is 114 Å². The maximum Gasteiger partial charge on any atom is 0.259 e. The van der Waals surface area contributed by atoms with Gasteiger partial charge >= 0.3 is 0 Å². The minimum absolute atomic E-state index is 0. The lowest BCUT2D eigenvalue weighted by molar-refractivity contribution is -0.142. The fourth-order valence-electron chi connectivity index (χ4n) is 8.74. The molecule has 348 valence electrons. The van der Waals surface area contributed by atoms with Gasteiger partial charge < -0.3 is 29.7 Å². The Morgan fingerprint density at radius 1 is 1.00 bits per heavy atom. The van der Waals surface area contributed by atoms with E-state index >= 15 is 4.39 Å². The zero-order valence-corrected chi connectivity index (χ0v) is 37.4. The van der Waals surface area contributed by atoms with Crippen molar-refractivity contribution in [2.24, 2.45) is 17.8 Å². The van der Waals surface area contributed by atoms with E-state index in [9.17, 15) is 36.4 Å². The van der Waals surface area contributed by atoms with Crippen molar-refractivity contribution >= 4 is 44.4 Å². The standard InChI is InChI=1S/C43H50F3N5O9S.C2H6.3H2/c1-6-42(13-14-42)61(56,57)50-41(55)43-20-25(43)10-8-7-9-23(2)15-24(3)36(48-37(52)28-12-11-26(44)16-31(28)45)40(54)51-22-27(17-33(51)38(53)49-43)60-39-30-18-32(46)34(58-4)19-29(30)35(59-5)21-47-39;1-2;;;/h8,10-12,16,18-19,21,23-25,27,33,36H,6-7,9,13-15,17,20,22H2,1-5H3,(H,48,52)(H,49,53)(H,50,55);1-2H3;3*1H/b10-8-;;;;/t23-,24-,25-,27-,33+,36+,43-;;;;/m1..../s1. The first kappa shape index (κ1) is 47.1. The molecule has 3 heterocycles. The van der Waals surface area contributed by atoms with Gasteiger partial charge in [0.1, 0.15) is 41.1 Å². The number of hydrogen-bond donors (Lipinski definition) is 3. The van der Waals surface area contributed by atoms with Gasteiger partial charge in [-0.3, -0.25) is 23.9 Å². The van der Waals surface area contributed by atoms with Gasteiger partial charge in [0.25, 0.3) is 11.8 Å². The van der Waals surface area contributed by atoms with Crippen LogP contribution < -0.4 is 29.6 Å². The fourth-order valence-corrected chi connectivity index (χ4v) is 10.4. The van der Waals surface area contributed by atoms with Gasteiger partial charge in [0.15, 0.2) is 11.6 Å². The summed E-state index contributed by atoms with van der Waals surface area (Å²) >= 11 is 0. The van der Waals surface area contributed by atoms with Crippen LogP contribution in [0.2, 0.25) is 0 Å². The molecule has 2 aliphatic carbocycles. The smallest absolute Gasteiger partial charge is 0.259 e. The number of carbonyl (C=O) groups is 4. The van der Waals surface area contributed by atoms with Crippen molar-refractivity contribution in [3.8, 4) is 17.4 Å². The Bertz CT molecular complexity index is 2410. The average Bonchev–Trinajstić information content (AvgIpc) is 4.16. The molecule has 3 N–H and O–H groups in total. The molecule has 63 heavy (non-hydrogen) atoms. The van der Waals surface area contributed by atoms with Gasteiger partial charge in [0.2, 0.25) is 27.7 Å². The van der Waals surface area contributed by atoms with Gasteiger partial charge in [-0.05, 0) is 81.0 Å². The van der Waals surface area contributed by atoms with Crippen molar-refractivity contribution in [1.82, 2.24) is 25.2 Å². The van der Waals surface area contributed by atoms with E-state index in [4.69, 9.17) is 14.2 Å². The Balaban J connectivity index is 0.00000228. The monoisotopic (exact) mass is 905 g/mol. The third kappa shape index (κ3) is 9.46. The van der Waals surface area contributed by atoms with E-state index in [1.54, 1.807) is 19.9 Å². The number of pyridine rings is 1. The van der Waals surface area contributed by atoms with Crippen molar-refractivity contribution in [1.29, 1.82) is 0 Å². The van der Waals surface area contributed by atoms with E-state index in [-0.39, 0.29) is 46.6 Å². The van der Waals surface area contributed by atoms with Gasteiger partial charge in [-0.2, -0.15) is 0 Å². The van der Waals surface area contributed by atoms with Gasteiger partial charge in [0, 0.05) is 28.1 Å². The van der Waals surface area contributed by atoms with Crippen LogP contribution in [0.25, 0.3) is 10.8 Å². The minimum Gasteiger partial charge on any atom is -0.494 e. The maximum absolute atomic E-state index is 15.1. The molecular formula is C45H62F3N5O9S. The molecule has 0 bridgehead atoms. The first-order chi connectivity index (χ1) is 30.0. The lowest BCUT2D eigenvalue weighted by atomic mass is 9.87. The number of rotatable bonds is 10. The average molecular weight is 906 g/mol.